The monoisotopic (exact) mass is 253 g/mol. The highest BCUT2D eigenvalue weighted by atomic mass is 35.5. The van der Waals surface area contributed by atoms with Crippen LogP contribution in [0.25, 0.3) is 10.6 Å². The molecule has 0 bridgehead atoms. The molecule has 84 valence electrons. The zero-order valence-electron chi connectivity index (χ0n) is 9.37. The van der Waals surface area contributed by atoms with E-state index < -0.39 is 0 Å². The second-order valence-electron chi connectivity index (χ2n) is 3.62. The van der Waals surface area contributed by atoms with Gasteiger partial charge in [0.2, 0.25) is 0 Å². The van der Waals surface area contributed by atoms with Crippen LogP contribution in [-0.4, -0.2) is 12.1 Å². The minimum absolute atomic E-state index is 0.547. The normalized spacial score (nSPS) is 10.5. The van der Waals surface area contributed by atoms with E-state index in [1.54, 1.807) is 18.4 Å². The molecule has 0 atom stereocenters. The standard InChI is InChI=1S/C12H12ClNOS/c1-7-4-9(5-8(2)11(7)15-3)12-14-10(13)6-16-12/h4-6H,1-3H3. The molecule has 1 heterocycles. The quantitative estimate of drug-likeness (QED) is 0.804. The van der Waals surface area contributed by atoms with Crippen molar-refractivity contribution in [1.29, 1.82) is 0 Å². The summed E-state index contributed by atoms with van der Waals surface area (Å²) in [6.07, 6.45) is 0. The molecule has 2 aromatic rings. The number of halogens is 1. The van der Waals surface area contributed by atoms with Gasteiger partial charge in [-0.05, 0) is 37.1 Å². The van der Waals surface area contributed by atoms with Crippen LogP contribution in [0.15, 0.2) is 17.5 Å². The Kier molecular flexibility index (Phi) is 3.17. The number of hydrogen-bond donors (Lipinski definition) is 0. The van der Waals surface area contributed by atoms with Gasteiger partial charge in [-0.3, -0.25) is 0 Å². The Hall–Kier alpha value is -1.06. The Morgan fingerprint density at radius 2 is 1.88 bits per heavy atom. The van der Waals surface area contributed by atoms with Crippen molar-refractivity contribution in [1.82, 2.24) is 4.98 Å². The number of ether oxygens (including phenoxy) is 1. The molecule has 0 aliphatic rings. The lowest BCUT2D eigenvalue weighted by Gasteiger charge is -2.09. The second kappa shape index (κ2) is 4.44. The molecule has 0 N–H and O–H groups in total. The van der Waals surface area contributed by atoms with E-state index in [2.05, 4.69) is 17.1 Å². The summed E-state index contributed by atoms with van der Waals surface area (Å²) in [7, 11) is 1.69. The van der Waals surface area contributed by atoms with Gasteiger partial charge in [-0.25, -0.2) is 4.98 Å². The Morgan fingerprint density at radius 1 is 1.25 bits per heavy atom. The molecule has 2 nitrogen and oxygen atoms in total. The summed E-state index contributed by atoms with van der Waals surface area (Å²) in [5.74, 6) is 0.936. The Balaban J connectivity index is 2.52. The molecule has 0 spiro atoms. The molecule has 1 aromatic heterocycles. The van der Waals surface area contributed by atoms with Crippen LogP contribution < -0.4 is 4.74 Å². The van der Waals surface area contributed by atoms with Gasteiger partial charge in [-0.15, -0.1) is 11.3 Å². The SMILES string of the molecule is COc1c(C)cc(-c2nc(Cl)cs2)cc1C. The number of thiazole rings is 1. The highest BCUT2D eigenvalue weighted by Gasteiger charge is 2.09. The van der Waals surface area contributed by atoms with Gasteiger partial charge in [0.05, 0.1) is 7.11 Å². The van der Waals surface area contributed by atoms with E-state index in [0.29, 0.717) is 5.15 Å². The van der Waals surface area contributed by atoms with Crippen molar-refractivity contribution in [2.24, 2.45) is 0 Å². The molecule has 0 aliphatic carbocycles. The van der Waals surface area contributed by atoms with Crippen LogP contribution in [0.2, 0.25) is 5.15 Å². The van der Waals surface area contributed by atoms with Gasteiger partial charge in [0.15, 0.2) is 0 Å². The summed E-state index contributed by atoms with van der Waals surface area (Å²) in [4.78, 5) is 4.26. The lowest BCUT2D eigenvalue weighted by Crippen LogP contribution is -1.91. The number of nitrogens with zero attached hydrogens (tertiary/aromatic N) is 1. The van der Waals surface area contributed by atoms with Crippen molar-refractivity contribution in [2.45, 2.75) is 13.8 Å². The van der Waals surface area contributed by atoms with Gasteiger partial charge in [-0.1, -0.05) is 11.6 Å². The fourth-order valence-corrected chi connectivity index (χ4v) is 2.72. The largest absolute Gasteiger partial charge is 0.496 e. The third-order valence-electron chi connectivity index (χ3n) is 2.39. The average Bonchev–Trinajstić information content (AvgIpc) is 2.64. The van der Waals surface area contributed by atoms with Crippen LogP contribution in [-0.2, 0) is 0 Å². The van der Waals surface area contributed by atoms with E-state index >= 15 is 0 Å². The number of benzene rings is 1. The summed E-state index contributed by atoms with van der Waals surface area (Å²) in [5, 5.41) is 3.33. The fourth-order valence-electron chi connectivity index (χ4n) is 1.78. The molecule has 0 fully saturated rings. The lowest BCUT2D eigenvalue weighted by atomic mass is 10.1. The maximum absolute atomic E-state index is 5.82. The lowest BCUT2D eigenvalue weighted by molar-refractivity contribution is 0.408. The van der Waals surface area contributed by atoms with Crippen molar-refractivity contribution in [3.8, 4) is 16.3 Å². The Labute approximate surface area is 104 Å². The van der Waals surface area contributed by atoms with E-state index in [1.807, 2.05) is 19.2 Å². The van der Waals surface area contributed by atoms with E-state index in [0.717, 1.165) is 27.4 Å². The van der Waals surface area contributed by atoms with Crippen molar-refractivity contribution in [2.75, 3.05) is 7.11 Å². The maximum atomic E-state index is 5.82. The van der Waals surface area contributed by atoms with Gasteiger partial charge < -0.3 is 4.74 Å². The van der Waals surface area contributed by atoms with Crippen molar-refractivity contribution in [3.05, 3.63) is 33.8 Å². The predicted molar refractivity (Wildman–Crippen MR) is 68.6 cm³/mol. The third-order valence-corrected chi connectivity index (χ3v) is 3.60. The first-order valence-electron chi connectivity index (χ1n) is 4.88. The predicted octanol–water partition coefficient (Wildman–Crippen LogP) is 4.09. The zero-order valence-corrected chi connectivity index (χ0v) is 10.9. The minimum Gasteiger partial charge on any atom is -0.496 e. The Bertz CT molecular complexity index is 498. The van der Waals surface area contributed by atoms with Crippen molar-refractivity contribution < 1.29 is 4.74 Å². The molecule has 0 amide bonds. The molecule has 0 saturated heterocycles. The first-order chi connectivity index (χ1) is 7.61. The number of aryl methyl sites for hydroxylation is 2. The second-order valence-corrected chi connectivity index (χ2v) is 4.86. The maximum Gasteiger partial charge on any atom is 0.140 e. The number of rotatable bonds is 2. The van der Waals surface area contributed by atoms with Crippen molar-refractivity contribution >= 4 is 22.9 Å². The molecular weight excluding hydrogens is 242 g/mol. The average molecular weight is 254 g/mol. The van der Waals surface area contributed by atoms with Gasteiger partial charge >= 0.3 is 0 Å². The van der Waals surface area contributed by atoms with Crippen LogP contribution in [0.3, 0.4) is 0 Å². The summed E-state index contributed by atoms with van der Waals surface area (Å²) in [6, 6.07) is 4.14. The zero-order chi connectivity index (χ0) is 11.7. The summed E-state index contributed by atoms with van der Waals surface area (Å²) in [5.41, 5.74) is 3.32. The van der Waals surface area contributed by atoms with Crippen LogP contribution in [0, 0.1) is 13.8 Å². The molecule has 16 heavy (non-hydrogen) atoms. The highest BCUT2D eigenvalue weighted by Crippen LogP contribution is 2.32. The third kappa shape index (κ3) is 2.06. The van der Waals surface area contributed by atoms with Crippen LogP contribution in [0.4, 0.5) is 0 Å². The van der Waals surface area contributed by atoms with Crippen LogP contribution >= 0.6 is 22.9 Å². The molecule has 4 heteroatoms. The molecule has 1 aromatic carbocycles. The van der Waals surface area contributed by atoms with E-state index in [1.165, 1.54) is 0 Å². The molecule has 0 saturated carbocycles. The van der Waals surface area contributed by atoms with Gasteiger partial charge in [0.25, 0.3) is 0 Å². The number of hydrogen-bond acceptors (Lipinski definition) is 3. The summed E-state index contributed by atoms with van der Waals surface area (Å²) >= 11 is 7.37. The Morgan fingerprint density at radius 3 is 2.31 bits per heavy atom. The first-order valence-corrected chi connectivity index (χ1v) is 6.14. The van der Waals surface area contributed by atoms with Gasteiger partial charge in [-0.2, -0.15) is 0 Å². The number of methoxy groups -OCH3 is 1. The molecular formula is C12H12ClNOS. The van der Waals surface area contributed by atoms with Gasteiger partial charge in [0, 0.05) is 10.9 Å². The number of aromatic nitrogens is 1. The smallest absolute Gasteiger partial charge is 0.140 e. The molecule has 0 aliphatic heterocycles. The fraction of sp³-hybridized carbons (Fsp3) is 0.250. The topological polar surface area (TPSA) is 22.1 Å². The molecule has 0 unspecified atom stereocenters. The minimum atomic E-state index is 0.547. The van der Waals surface area contributed by atoms with Crippen molar-refractivity contribution in [3.63, 3.8) is 0 Å². The van der Waals surface area contributed by atoms with Gasteiger partial charge in [0.1, 0.15) is 15.9 Å². The van der Waals surface area contributed by atoms with Crippen LogP contribution in [0.1, 0.15) is 11.1 Å². The van der Waals surface area contributed by atoms with E-state index in [-0.39, 0.29) is 0 Å². The molecule has 0 radical (unpaired) electrons. The van der Waals surface area contributed by atoms with E-state index in [9.17, 15) is 0 Å². The highest BCUT2D eigenvalue weighted by molar-refractivity contribution is 7.13. The van der Waals surface area contributed by atoms with Crippen LogP contribution in [0.5, 0.6) is 5.75 Å². The first kappa shape index (κ1) is 11.4. The van der Waals surface area contributed by atoms with E-state index in [4.69, 9.17) is 16.3 Å². The summed E-state index contributed by atoms with van der Waals surface area (Å²) in [6.45, 7) is 4.06. The summed E-state index contributed by atoms with van der Waals surface area (Å²) < 4.78 is 5.33. The molecule has 2 rings (SSSR count).